The second-order valence-electron chi connectivity index (χ2n) is 7.71. The van der Waals surface area contributed by atoms with E-state index in [1.54, 1.807) is 29.2 Å². The molecule has 0 heterocycles. The first-order valence-corrected chi connectivity index (χ1v) is 10.6. The third-order valence-corrected chi connectivity index (χ3v) is 5.24. The number of hydrogen-bond acceptors (Lipinski definition) is 4. The van der Waals surface area contributed by atoms with Crippen LogP contribution in [0.2, 0.25) is 0 Å². The summed E-state index contributed by atoms with van der Waals surface area (Å²) in [7, 11) is 3.72. The molecule has 3 rings (SSSR count). The lowest BCUT2D eigenvalue weighted by Gasteiger charge is -2.18. The van der Waals surface area contributed by atoms with Crippen LogP contribution >= 0.6 is 0 Å². The van der Waals surface area contributed by atoms with Crippen molar-refractivity contribution >= 4 is 23.3 Å². The van der Waals surface area contributed by atoms with E-state index in [1.807, 2.05) is 56.6 Å². The summed E-state index contributed by atoms with van der Waals surface area (Å²) in [5, 5.41) is 15.6. The molecule has 0 atom stereocenters. The minimum atomic E-state index is -0.966. The first-order valence-electron chi connectivity index (χ1n) is 10.6. The molecule has 0 aliphatic rings. The van der Waals surface area contributed by atoms with Gasteiger partial charge in [0.25, 0.3) is 0 Å². The summed E-state index contributed by atoms with van der Waals surface area (Å²) in [6, 6.07) is 22.9. The quantitative estimate of drug-likeness (QED) is 0.404. The molecular weight excluding hydrogens is 402 g/mol. The van der Waals surface area contributed by atoms with Gasteiger partial charge in [-0.15, -0.1) is 0 Å². The summed E-state index contributed by atoms with van der Waals surface area (Å²) in [5.74, 6) is -0.824. The average molecular weight is 432 g/mol. The van der Waals surface area contributed by atoms with Gasteiger partial charge in [-0.2, -0.15) is 0 Å². The van der Waals surface area contributed by atoms with E-state index in [1.165, 1.54) is 0 Å². The first kappa shape index (κ1) is 23.0. The Morgan fingerprint density at radius 2 is 1.69 bits per heavy atom. The zero-order valence-electron chi connectivity index (χ0n) is 18.5. The maximum atomic E-state index is 12.3. The van der Waals surface area contributed by atoms with Gasteiger partial charge in [-0.1, -0.05) is 42.5 Å². The number of rotatable bonds is 10. The Kier molecular flexibility index (Phi) is 8.00. The Morgan fingerprint density at radius 1 is 0.938 bits per heavy atom. The molecule has 0 radical (unpaired) electrons. The lowest BCUT2D eigenvalue weighted by molar-refractivity contribution is -0.130. The Morgan fingerprint density at radius 3 is 2.41 bits per heavy atom. The third kappa shape index (κ3) is 6.18. The van der Waals surface area contributed by atoms with Gasteiger partial charge in [0.1, 0.15) is 0 Å². The van der Waals surface area contributed by atoms with Crippen LogP contribution in [-0.4, -0.2) is 42.5 Å². The summed E-state index contributed by atoms with van der Waals surface area (Å²) >= 11 is 0. The van der Waals surface area contributed by atoms with Crippen molar-refractivity contribution < 1.29 is 14.7 Å². The highest BCUT2D eigenvalue weighted by Crippen LogP contribution is 2.26. The van der Waals surface area contributed by atoms with Gasteiger partial charge < -0.3 is 20.6 Å². The molecule has 3 aromatic rings. The number of carbonyl (C=O) groups is 2. The van der Waals surface area contributed by atoms with E-state index in [2.05, 4.69) is 16.7 Å². The molecule has 0 aliphatic carbocycles. The molecular formula is C26H29N3O3. The topological polar surface area (TPSA) is 81.7 Å². The third-order valence-electron chi connectivity index (χ3n) is 5.24. The highest BCUT2D eigenvalue weighted by molar-refractivity contribution is 5.95. The van der Waals surface area contributed by atoms with Gasteiger partial charge >= 0.3 is 5.97 Å². The van der Waals surface area contributed by atoms with Gasteiger partial charge in [0, 0.05) is 25.7 Å². The van der Waals surface area contributed by atoms with Crippen LogP contribution in [0.25, 0.3) is 11.1 Å². The highest BCUT2D eigenvalue weighted by atomic mass is 16.4. The zero-order chi connectivity index (χ0) is 22.9. The number of carboxylic acid groups (broad SMARTS) is 1. The predicted octanol–water partition coefficient (Wildman–Crippen LogP) is 4.75. The maximum Gasteiger partial charge on any atom is 0.337 e. The second-order valence-corrected chi connectivity index (χ2v) is 7.71. The van der Waals surface area contributed by atoms with Crippen LogP contribution in [0.5, 0.6) is 0 Å². The van der Waals surface area contributed by atoms with Crippen molar-refractivity contribution in [1.29, 1.82) is 0 Å². The largest absolute Gasteiger partial charge is 0.478 e. The van der Waals surface area contributed by atoms with E-state index >= 15 is 0 Å². The van der Waals surface area contributed by atoms with E-state index in [4.69, 9.17) is 0 Å². The van der Waals surface area contributed by atoms with E-state index in [-0.39, 0.29) is 11.5 Å². The van der Waals surface area contributed by atoms with Crippen LogP contribution in [0, 0.1) is 0 Å². The summed E-state index contributed by atoms with van der Waals surface area (Å²) in [5.41, 5.74) is 4.78. The van der Waals surface area contributed by atoms with Crippen molar-refractivity contribution in [3.63, 3.8) is 0 Å². The molecule has 0 saturated heterocycles. The van der Waals surface area contributed by atoms with Crippen LogP contribution in [-0.2, 0) is 11.3 Å². The van der Waals surface area contributed by atoms with Gasteiger partial charge in [-0.25, -0.2) is 4.79 Å². The number of carboxylic acids is 1. The number of amides is 1. The van der Waals surface area contributed by atoms with Gasteiger partial charge in [0.05, 0.1) is 11.3 Å². The molecule has 0 spiro atoms. The van der Waals surface area contributed by atoms with Gasteiger partial charge in [0.15, 0.2) is 0 Å². The van der Waals surface area contributed by atoms with Gasteiger partial charge in [0.2, 0.25) is 5.91 Å². The predicted molar refractivity (Wildman–Crippen MR) is 128 cm³/mol. The van der Waals surface area contributed by atoms with E-state index in [0.717, 1.165) is 35.3 Å². The average Bonchev–Trinajstić information content (AvgIpc) is 2.80. The molecule has 3 N–H and O–H groups in total. The zero-order valence-corrected chi connectivity index (χ0v) is 18.5. The van der Waals surface area contributed by atoms with Gasteiger partial charge in [-0.05, 0) is 67.0 Å². The Labute approximate surface area is 188 Å². The summed E-state index contributed by atoms with van der Waals surface area (Å²) in [6.07, 6.45) is 1.37. The van der Waals surface area contributed by atoms with Crippen LogP contribution in [0.4, 0.5) is 11.4 Å². The SMILES string of the molecule is CNCCCC(=O)N(C)Cc1cccc(-c2ccc(Nc3ccccc3C(=O)O)cc2)c1. The molecule has 0 unspecified atom stereocenters. The Balaban J connectivity index is 1.68. The van der Waals surface area contributed by atoms with E-state index < -0.39 is 5.97 Å². The standard InChI is InChI=1S/C26H29N3O3/c1-27-16-6-11-25(30)29(2)18-19-7-5-8-21(17-19)20-12-14-22(15-13-20)28-24-10-4-3-9-23(24)26(31)32/h3-5,7-10,12-15,17,27-28H,6,11,16,18H2,1-2H3,(H,31,32). The fourth-order valence-corrected chi connectivity index (χ4v) is 3.50. The number of hydrogen-bond donors (Lipinski definition) is 3. The minimum absolute atomic E-state index is 0.141. The molecule has 1 amide bonds. The second kappa shape index (κ2) is 11.1. The number of aromatic carboxylic acids is 1. The van der Waals surface area contributed by atoms with Crippen molar-refractivity contribution in [2.75, 3.05) is 26.0 Å². The normalized spacial score (nSPS) is 10.6. The molecule has 32 heavy (non-hydrogen) atoms. The smallest absolute Gasteiger partial charge is 0.337 e. The van der Waals surface area contributed by atoms with Crippen molar-refractivity contribution in [2.45, 2.75) is 19.4 Å². The monoisotopic (exact) mass is 431 g/mol. The van der Waals surface area contributed by atoms with E-state index in [0.29, 0.717) is 18.7 Å². The van der Waals surface area contributed by atoms with Crippen LogP contribution in [0.3, 0.4) is 0 Å². The van der Waals surface area contributed by atoms with Crippen LogP contribution in [0.1, 0.15) is 28.8 Å². The molecule has 6 nitrogen and oxygen atoms in total. The fourth-order valence-electron chi connectivity index (χ4n) is 3.50. The van der Waals surface area contributed by atoms with E-state index in [9.17, 15) is 14.7 Å². The molecule has 0 fully saturated rings. The lowest BCUT2D eigenvalue weighted by atomic mass is 10.0. The lowest BCUT2D eigenvalue weighted by Crippen LogP contribution is -2.26. The molecule has 166 valence electrons. The van der Waals surface area contributed by atoms with Gasteiger partial charge in [-0.3, -0.25) is 4.79 Å². The summed E-state index contributed by atoms with van der Waals surface area (Å²) in [6.45, 7) is 1.40. The van der Waals surface area contributed by atoms with Crippen molar-refractivity contribution in [3.05, 3.63) is 83.9 Å². The molecule has 0 bridgehead atoms. The number of para-hydroxylation sites is 1. The molecule has 0 aliphatic heterocycles. The Hall–Kier alpha value is -3.64. The number of benzene rings is 3. The minimum Gasteiger partial charge on any atom is -0.478 e. The van der Waals surface area contributed by atoms with Crippen molar-refractivity contribution in [1.82, 2.24) is 10.2 Å². The number of nitrogens with zero attached hydrogens (tertiary/aromatic N) is 1. The summed E-state index contributed by atoms with van der Waals surface area (Å²) < 4.78 is 0. The number of nitrogens with one attached hydrogen (secondary N) is 2. The van der Waals surface area contributed by atoms with Crippen molar-refractivity contribution in [3.8, 4) is 11.1 Å². The molecule has 0 aromatic heterocycles. The first-order chi connectivity index (χ1) is 15.5. The Bertz CT molecular complexity index is 1060. The maximum absolute atomic E-state index is 12.3. The molecule has 3 aromatic carbocycles. The highest BCUT2D eigenvalue weighted by Gasteiger charge is 2.11. The molecule has 6 heteroatoms. The van der Waals surface area contributed by atoms with Crippen LogP contribution in [0.15, 0.2) is 72.8 Å². The fraction of sp³-hybridized carbons (Fsp3) is 0.231. The number of anilines is 2. The molecule has 0 saturated carbocycles. The van der Waals surface area contributed by atoms with Crippen LogP contribution < -0.4 is 10.6 Å². The summed E-state index contributed by atoms with van der Waals surface area (Å²) in [4.78, 5) is 25.5. The van der Waals surface area contributed by atoms with Crippen molar-refractivity contribution in [2.24, 2.45) is 0 Å². The number of carbonyl (C=O) groups excluding carboxylic acids is 1.